The van der Waals surface area contributed by atoms with Crippen LogP contribution in [0.25, 0.3) is 0 Å². The molecule has 1 aromatic rings. The normalized spacial score (nSPS) is 32.4. The zero-order valence-electron chi connectivity index (χ0n) is 18.1. The van der Waals surface area contributed by atoms with Crippen molar-refractivity contribution in [3.8, 4) is 0 Å². The van der Waals surface area contributed by atoms with Gasteiger partial charge < -0.3 is 10.0 Å². The van der Waals surface area contributed by atoms with Gasteiger partial charge in [-0.2, -0.15) is 0 Å². The van der Waals surface area contributed by atoms with Gasteiger partial charge in [-0.25, -0.2) is 0 Å². The Morgan fingerprint density at radius 1 is 1.04 bits per heavy atom. The number of carbonyl (C=O) groups is 1. The Kier molecular flexibility index (Phi) is 4.89. The topological polar surface area (TPSA) is 40.5 Å². The van der Waals surface area contributed by atoms with Crippen LogP contribution in [0.15, 0.2) is 24.3 Å². The van der Waals surface area contributed by atoms with E-state index in [1.54, 1.807) is 0 Å². The van der Waals surface area contributed by atoms with E-state index in [1.807, 2.05) is 6.92 Å². The molecule has 3 aliphatic rings. The Labute approximate surface area is 170 Å². The molecule has 1 amide bonds. The molecule has 28 heavy (non-hydrogen) atoms. The van der Waals surface area contributed by atoms with Crippen LogP contribution in [0.3, 0.4) is 0 Å². The van der Waals surface area contributed by atoms with Gasteiger partial charge in [0.1, 0.15) is 0 Å². The van der Waals surface area contributed by atoms with Gasteiger partial charge in [-0.3, -0.25) is 4.79 Å². The average molecular weight is 384 g/mol. The number of nitrogens with zero attached hydrogens (tertiary/aromatic N) is 1. The summed E-state index contributed by atoms with van der Waals surface area (Å²) >= 11 is 0. The smallest absolute Gasteiger partial charge is 0.225 e. The van der Waals surface area contributed by atoms with Crippen molar-refractivity contribution in [1.82, 2.24) is 4.90 Å². The van der Waals surface area contributed by atoms with Crippen LogP contribution in [-0.2, 0) is 10.2 Å². The molecular formula is C25H37NO2. The molecular weight excluding hydrogens is 346 g/mol. The Bertz CT molecular complexity index is 712. The molecule has 1 N–H and O–H groups in total. The van der Waals surface area contributed by atoms with E-state index in [2.05, 4.69) is 49.9 Å². The van der Waals surface area contributed by atoms with E-state index in [-0.39, 0.29) is 17.2 Å². The molecule has 3 fully saturated rings. The molecule has 3 nitrogen and oxygen atoms in total. The maximum Gasteiger partial charge on any atom is 0.225 e. The van der Waals surface area contributed by atoms with E-state index >= 15 is 0 Å². The standard InChI is InChI=1S/C25H37NO2/c1-23(2,3)21-7-5-18(6-8-21)19-9-10-25(17-19)11-13-26(14-12-25)22(27)20-15-24(4,28)16-20/h5-8,19-20,28H,9-17H2,1-4H3/t19?,20-,24+. The summed E-state index contributed by atoms with van der Waals surface area (Å²) in [5.74, 6) is 1.02. The third-order valence-electron chi connectivity index (χ3n) is 7.81. The number of aliphatic hydroxyl groups is 1. The summed E-state index contributed by atoms with van der Waals surface area (Å²) in [7, 11) is 0. The van der Waals surface area contributed by atoms with Crippen molar-refractivity contribution in [1.29, 1.82) is 0 Å². The minimum Gasteiger partial charge on any atom is -0.390 e. The largest absolute Gasteiger partial charge is 0.390 e. The summed E-state index contributed by atoms with van der Waals surface area (Å²) in [5.41, 5.74) is 2.95. The quantitative estimate of drug-likeness (QED) is 0.779. The Morgan fingerprint density at radius 2 is 1.64 bits per heavy atom. The first-order valence-corrected chi connectivity index (χ1v) is 11.2. The van der Waals surface area contributed by atoms with Gasteiger partial charge in [0.25, 0.3) is 0 Å². The molecule has 0 bridgehead atoms. The predicted molar refractivity (Wildman–Crippen MR) is 113 cm³/mol. The minimum absolute atomic E-state index is 0.0571. The molecule has 0 aromatic heterocycles. The lowest BCUT2D eigenvalue weighted by atomic mass is 9.70. The second-order valence-corrected chi connectivity index (χ2v) is 11.2. The molecule has 1 aliphatic heterocycles. The number of likely N-dealkylation sites (tertiary alicyclic amines) is 1. The first kappa shape index (κ1) is 19.9. The molecule has 3 heteroatoms. The maximum atomic E-state index is 12.7. The van der Waals surface area contributed by atoms with Crippen LogP contribution in [-0.4, -0.2) is 34.6 Å². The van der Waals surface area contributed by atoms with Crippen LogP contribution in [0.2, 0.25) is 0 Å². The first-order valence-electron chi connectivity index (χ1n) is 11.2. The number of hydrogen-bond acceptors (Lipinski definition) is 2. The Balaban J connectivity index is 1.33. The van der Waals surface area contributed by atoms with E-state index in [0.29, 0.717) is 24.2 Å². The highest BCUT2D eigenvalue weighted by molar-refractivity contribution is 5.80. The second-order valence-electron chi connectivity index (χ2n) is 11.2. The van der Waals surface area contributed by atoms with Gasteiger partial charge in [-0.05, 0) is 79.7 Å². The van der Waals surface area contributed by atoms with Crippen LogP contribution in [0, 0.1) is 11.3 Å². The van der Waals surface area contributed by atoms with Crippen LogP contribution < -0.4 is 0 Å². The molecule has 1 atom stereocenters. The highest BCUT2D eigenvalue weighted by atomic mass is 16.3. The SMILES string of the molecule is CC(C)(C)c1ccc(C2CCC3(CCN(C(=O)[C@H]4C[C@@](C)(O)C4)CC3)C2)cc1. The van der Waals surface area contributed by atoms with Gasteiger partial charge in [0, 0.05) is 19.0 Å². The van der Waals surface area contributed by atoms with Crippen molar-refractivity contribution in [3.05, 3.63) is 35.4 Å². The van der Waals surface area contributed by atoms with Crippen molar-refractivity contribution in [2.75, 3.05) is 13.1 Å². The van der Waals surface area contributed by atoms with Crippen molar-refractivity contribution >= 4 is 5.91 Å². The van der Waals surface area contributed by atoms with Crippen LogP contribution in [0.4, 0.5) is 0 Å². The highest BCUT2D eigenvalue weighted by Crippen LogP contribution is 2.52. The summed E-state index contributed by atoms with van der Waals surface area (Å²) in [5, 5.41) is 9.93. The highest BCUT2D eigenvalue weighted by Gasteiger charge is 2.47. The maximum absolute atomic E-state index is 12.7. The molecule has 4 rings (SSSR count). The number of benzene rings is 1. The third kappa shape index (κ3) is 3.87. The number of amides is 1. The monoisotopic (exact) mass is 383 g/mol. The van der Waals surface area contributed by atoms with E-state index in [9.17, 15) is 9.90 Å². The molecule has 154 valence electrons. The van der Waals surface area contributed by atoms with Crippen molar-refractivity contribution in [2.45, 2.75) is 89.6 Å². The average Bonchev–Trinajstić information content (AvgIpc) is 3.03. The predicted octanol–water partition coefficient (Wildman–Crippen LogP) is 5.02. The summed E-state index contributed by atoms with van der Waals surface area (Å²) in [6, 6.07) is 9.33. The van der Waals surface area contributed by atoms with Crippen LogP contribution in [0.5, 0.6) is 0 Å². The van der Waals surface area contributed by atoms with Crippen LogP contribution in [0.1, 0.15) is 89.7 Å². The van der Waals surface area contributed by atoms with Crippen molar-refractivity contribution in [2.24, 2.45) is 11.3 Å². The fourth-order valence-corrected chi connectivity index (χ4v) is 5.84. The van der Waals surface area contributed by atoms with E-state index in [0.717, 1.165) is 25.9 Å². The molecule has 1 saturated heterocycles. The number of hydrogen-bond donors (Lipinski definition) is 1. The van der Waals surface area contributed by atoms with Gasteiger partial charge in [0.15, 0.2) is 0 Å². The Hall–Kier alpha value is -1.35. The van der Waals surface area contributed by atoms with E-state index in [4.69, 9.17) is 0 Å². The van der Waals surface area contributed by atoms with Crippen molar-refractivity contribution in [3.63, 3.8) is 0 Å². The molecule has 0 radical (unpaired) electrons. The van der Waals surface area contributed by atoms with Gasteiger partial charge in [-0.1, -0.05) is 45.0 Å². The summed E-state index contributed by atoms with van der Waals surface area (Å²) in [6.45, 7) is 10.5. The molecule has 1 spiro atoms. The van der Waals surface area contributed by atoms with Gasteiger partial charge in [0.2, 0.25) is 5.91 Å². The first-order chi connectivity index (χ1) is 13.1. The lowest BCUT2D eigenvalue weighted by molar-refractivity contribution is -0.151. The molecule has 1 unspecified atom stereocenters. The zero-order valence-corrected chi connectivity index (χ0v) is 18.1. The van der Waals surface area contributed by atoms with Gasteiger partial charge in [0.05, 0.1) is 5.60 Å². The third-order valence-corrected chi connectivity index (χ3v) is 7.81. The second kappa shape index (κ2) is 6.86. The summed E-state index contributed by atoms with van der Waals surface area (Å²) < 4.78 is 0. The fraction of sp³-hybridized carbons (Fsp3) is 0.720. The molecule has 1 heterocycles. The molecule has 1 aromatic carbocycles. The zero-order chi connectivity index (χ0) is 20.2. The number of carbonyl (C=O) groups excluding carboxylic acids is 1. The van der Waals surface area contributed by atoms with Gasteiger partial charge in [-0.15, -0.1) is 0 Å². The minimum atomic E-state index is -0.613. The number of piperidine rings is 1. The van der Waals surface area contributed by atoms with Gasteiger partial charge >= 0.3 is 0 Å². The Morgan fingerprint density at radius 3 is 2.18 bits per heavy atom. The van der Waals surface area contributed by atoms with Crippen LogP contribution >= 0.6 is 0 Å². The van der Waals surface area contributed by atoms with Crippen molar-refractivity contribution < 1.29 is 9.90 Å². The van der Waals surface area contributed by atoms with E-state index < -0.39 is 5.60 Å². The van der Waals surface area contributed by atoms with E-state index in [1.165, 1.54) is 30.4 Å². The lowest BCUT2D eigenvalue weighted by Crippen LogP contribution is -2.52. The number of rotatable bonds is 2. The fourth-order valence-electron chi connectivity index (χ4n) is 5.84. The summed E-state index contributed by atoms with van der Waals surface area (Å²) in [6.07, 6.45) is 7.45. The molecule has 2 aliphatic carbocycles. The lowest BCUT2D eigenvalue weighted by Gasteiger charge is -2.45. The molecule has 2 saturated carbocycles. The summed E-state index contributed by atoms with van der Waals surface area (Å²) in [4.78, 5) is 14.8.